The van der Waals surface area contributed by atoms with Crippen molar-refractivity contribution in [1.82, 2.24) is 0 Å². The number of hydrogen-bond acceptors (Lipinski definition) is 1. The van der Waals surface area contributed by atoms with E-state index in [1.165, 1.54) is 81.8 Å². The fraction of sp³-hybridized carbons (Fsp3) is 0.643. The van der Waals surface area contributed by atoms with Crippen LogP contribution in [0.5, 0.6) is 0 Å². The number of hydrogen-bond donors (Lipinski definition) is 0. The highest BCUT2D eigenvalue weighted by atomic mass is 16.5. The molecule has 2 saturated carbocycles. The molecule has 0 aromatic heterocycles. The van der Waals surface area contributed by atoms with Crippen LogP contribution < -0.4 is 0 Å². The summed E-state index contributed by atoms with van der Waals surface area (Å²) in [5, 5.41) is 0. The molecule has 0 unspecified atom stereocenters. The van der Waals surface area contributed by atoms with E-state index in [2.05, 4.69) is 49.9 Å². The van der Waals surface area contributed by atoms with Gasteiger partial charge in [-0.1, -0.05) is 55.3 Å². The number of aryl methyl sites for hydroxylation is 1. The molecular formula is C28H42O. The minimum absolute atomic E-state index is 0.627. The van der Waals surface area contributed by atoms with Crippen molar-refractivity contribution >= 4 is 0 Å². The SMILES string of the molecule is C=CCOCc1ccc(CCC2CCC([C@H]3CC[C@H](C/C=C/C)CC3)CC2)cc1. The maximum atomic E-state index is 5.53. The minimum atomic E-state index is 0.627. The van der Waals surface area contributed by atoms with Crippen molar-refractivity contribution in [1.29, 1.82) is 0 Å². The summed E-state index contributed by atoms with van der Waals surface area (Å²) in [4.78, 5) is 0. The molecule has 2 aliphatic carbocycles. The third-order valence-corrected chi connectivity index (χ3v) is 7.52. The van der Waals surface area contributed by atoms with Crippen LogP contribution in [0.4, 0.5) is 0 Å². The summed E-state index contributed by atoms with van der Waals surface area (Å²) in [5.74, 6) is 3.99. The van der Waals surface area contributed by atoms with Crippen molar-refractivity contribution < 1.29 is 4.74 Å². The predicted molar refractivity (Wildman–Crippen MR) is 125 cm³/mol. The first-order valence-corrected chi connectivity index (χ1v) is 12.2. The van der Waals surface area contributed by atoms with Crippen LogP contribution >= 0.6 is 0 Å². The lowest BCUT2D eigenvalue weighted by Gasteiger charge is -2.37. The highest BCUT2D eigenvalue weighted by Gasteiger charge is 2.30. The van der Waals surface area contributed by atoms with Gasteiger partial charge < -0.3 is 4.74 Å². The summed E-state index contributed by atoms with van der Waals surface area (Å²) in [6, 6.07) is 9.04. The standard InChI is InChI=1S/C28H42O/c1-3-5-6-23-13-17-27(18-14-23)28-19-15-25(16-20-28)8-7-24-9-11-26(12-10-24)22-29-21-4-2/h3-5,9-12,23,25,27-28H,2,6-8,13-22H2,1H3/b5-3+/t23-,25?,27-,28?. The average Bonchev–Trinajstić information content (AvgIpc) is 2.78. The van der Waals surface area contributed by atoms with Crippen molar-refractivity contribution in [2.75, 3.05) is 6.61 Å². The van der Waals surface area contributed by atoms with E-state index < -0.39 is 0 Å². The van der Waals surface area contributed by atoms with Crippen LogP contribution in [0.1, 0.15) is 82.3 Å². The number of benzene rings is 1. The largest absolute Gasteiger partial charge is 0.373 e. The van der Waals surface area contributed by atoms with Crippen molar-refractivity contribution in [3.63, 3.8) is 0 Å². The summed E-state index contributed by atoms with van der Waals surface area (Å²) in [6.07, 6.45) is 22.2. The van der Waals surface area contributed by atoms with Gasteiger partial charge in [0.1, 0.15) is 0 Å². The van der Waals surface area contributed by atoms with E-state index in [9.17, 15) is 0 Å². The number of ether oxygens (including phenoxy) is 1. The van der Waals surface area contributed by atoms with Gasteiger partial charge in [0.2, 0.25) is 0 Å². The molecule has 29 heavy (non-hydrogen) atoms. The molecule has 0 aliphatic heterocycles. The third kappa shape index (κ3) is 7.45. The van der Waals surface area contributed by atoms with Crippen molar-refractivity contribution in [3.05, 3.63) is 60.2 Å². The quantitative estimate of drug-likeness (QED) is 0.289. The molecule has 1 nitrogen and oxygen atoms in total. The second kappa shape index (κ2) is 12.4. The molecule has 0 atom stereocenters. The lowest BCUT2D eigenvalue weighted by Crippen LogP contribution is -2.26. The van der Waals surface area contributed by atoms with Crippen LogP contribution in [0.3, 0.4) is 0 Å². The summed E-state index contributed by atoms with van der Waals surface area (Å²) >= 11 is 0. The van der Waals surface area contributed by atoms with E-state index in [-0.39, 0.29) is 0 Å². The van der Waals surface area contributed by atoms with Crippen LogP contribution in [0.2, 0.25) is 0 Å². The molecule has 0 spiro atoms. The Hall–Kier alpha value is -1.34. The third-order valence-electron chi connectivity index (χ3n) is 7.52. The van der Waals surface area contributed by atoms with E-state index in [0.29, 0.717) is 13.2 Å². The van der Waals surface area contributed by atoms with Crippen LogP contribution in [0.15, 0.2) is 49.1 Å². The topological polar surface area (TPSA) is 9.23 Å². The Kier molecular flexibility index (Phi) is 9.54. The molecule has 0 N–H and O–H groups in total. The highest BCUT2D eigenvalue weighted by Crippen LogP contribution is 2.42. The molecule has 160 valence electrons. The van der Waals surface area contributed by atoms with Crippen LogP contribution in [0, 0.1) is 23.7 Å². The van der Waals surface area contributed by atoms with Crippen LogP contribution in [0.25, 0.3) is 0 Å². The maximum absolute atomic E-state index is 5.53. The molecule has 0 radical (unpaired) electrons. The zero-order valence-electron chi connectivity index (χ0n) is 18.7. The molecule has 2 aliphatic rings. The summed E-state index contributed by atoms with van der Waals surface area (Å²) < 4.78 is 5.53. The van der Waals surface area contributed by atoms with Crippen LogP contribution in [-0.4, -0.2) is 6.61 Å². The molecule has 0 amide bonds. The predicted octanol–water partition coefficient (Wildman–Crippen LogP) is 7.90. The summed E-state index contributed by atoms with van der Waals surface area (Å²) in [5.41, 5.74) is 2.75. The van der Waals surface area contributed by atoms with Gasteiger partial charge in [-0.15, -0.1) is 6.58 Å². The van der Waals surface area contributed by atoms with Gasteiger partial charge in [-0.05, 0) is 99.5 Å². The maximum Gasteiger partial charge on any atom is 0.0721 e. The first kappa shape index (κ1) is 22.3. The first-order valence-electron chi connectivity index (χ1n) is 12.2. The fourth-order valence-electron chi connectivity index (χ4n) is 5.61. The Labute approximate surface area is 179 Å². The molecule has 1 heteroatoms. The Morgan fingerprint density at radius 3 is 2.03 bits per heavy atom. The Morgan fingerprint density at radius 2 is 1.45 bits per heavy atom. The molecule has 1 aromatic carbocycles. The molecular weight excluding hydrogens is 352 g/mol. The van der Waals surface area contributed by atoms with Crippen molar-refractivity contribution in [2.45, 2.75) is 84.2 Å². The van der Waals surface area contributed by atoms with Gasteiger partial charge in [0.15, 0.2) is 0 Å². The van der Waals surface area contributed by atoms with E-state index in [1.807, 2.05) is 0 Å². The fourth-order valence-corrected chi connectivity index (χ4v) is 5.61. The lowest BCUT2D eigenvalue weighted by molar-refractivity contribution is 0.144. The average molecular weight is 395 g/mol. The normalized spacial score (nSPS) is 27.9. The number of allylic oxidation sites excluding steroid dienone is 2. The van der Waals surface area contributed by atoms with Crippen LogP contribution in [-0.2, 0) is 17.8 Å². The van der Waals surface area contributed by atoms with E-state index in [0.717, 1.165) is 23.7 Å². The second-order valence-electron chi connectivity index (χ2n) is 9.53. The minimum Gasteiger partial charge on any atom is -0.373 e. The van der Waals surface area contributed by atoms with E-state index >= 15 is 0 Å². The summed E-state index contributed by atoms with van der Waals surface area (Å²) in [7, 11) is 0. The van der Waals surface area contributed by atoms with Gasteiger partial charge in [-0.3, -0.25) is 0 Å². The van der Waals surface area contributed by atoms with Crippen molar-refractivity contribution in [3.8, 4) is 0 Å². The molecule has 0 bridgehead atoms. The summed E-state index contributed by atoms with van der Waals surface area (Å²) in [6.45, 7) is 7.16. The highest BCUT2D eigenvalue weighted by molar-refractivity contribution is 5.22. The Bertz CT molecular complexity index is 598. The molecule has 0 saturated heterocycles. The smallest absolute Gasteiger partial charge is 0.0721 e. The Balaban J connectivity index is 1.32. The zero-order valence-corrected chi connectivity index (χ0v) is 18.7. The monoisotopic (exact) mass is 394 g/mol. The van der Waals surface area contributed by atoms with Crippen molar-refractivity contribution in [2.24, 2.45) is 23.7 Å². The van der Waals surface area contributed by atoms with Gasteiger partial charge in [0.05, 0.1) is 13.2 Å². The van der Waals surface area contributed by atoms with Gasteiger partial charge in [0.25, 0.3) is 0 Å². The zero-order chi connectivity index (χ0) is 20.3. The molecule has 2 fully saturated rings. The van der Waals surface area contributed by atoms with Gasteiger partial charge in [-0.25, -0.2) is 0 Å². The van der Waals surface area contributed by atoms with Gasteiger partial charge in [0, 0.05) is 0 Å². The van der Waals surface area contributed by atoms with E-state index in [4.69, 9.17) is 4.74 Å². The molecule has 0 heterocycles. The second-order valence-corrected chi connectivity index (χ2v) is 9.53. The van der Waals surface area contributed by atoms with Gasteiger partial charge in [-0.2, -0.15) is 0 Å². The molecule has 3 rings (SSSR count). The Morgan fingerprint density at radius 1 is 0.862 bits per heavy atom. The van der Waals surface area contributed by atoms with E-state index in [1.54, 1.807) is 6.08 Å². The first-order chi connectivity index (χ1) is 14.3. The van der Waals surface area contributed by atoms with Gasteiger partial charge >= 0.3 is 0 Å². The lowest BCUT2D eigenvalue weighted by atomic mass is 9.68. The number of rotatable bonds is 10. The molecule has 1 aromatic rings.